The van der Waals surface area contributed by atoms with E-state index in [1.807, 2.05) is 6.92 Å². The molecule has 0 saturated carbocycles. The van der Waals surface area contributed by atoms with E-state index in [0.717, 1.165) is 12.8 Å². The Hall–Kier alpha value is -1.63. The van der Waals surface area contributed by atoms with Crippen LogP contribution in [0.25, 0.3) is 0 Å². The van der Waals surface area contributed by atoms with Gasteiger partial charge in [0.2, 0.25) is 5.69 Å². The van der Waals surface area contributed by atoms with E-state index in [9.17, 15) is 4.79 Å². The molecule has 0 spiro atoms. The molecular weight excluding hydrogens is 202 g/mol. The van der Waals surface area contributed by atoms with Crippen molar-refractivity contribution >= 4 is 5.91 Å². The van der Waals surface area contributed by atoms with Crippen molar-refractivity contribution in [1.29, 1.82) is 0 Å². The Kier molecular flexibility index (Phi) is 4.55. The number of hydrogen-bond donors (Lipinski definition) is 2. The van der Waals surface area contributed by atoms with Crippen LogP contribution in [0, 0.1) is 0 Å². The molecule has 0 aromatic carbocycles. The maximum Gasteiger partial charge on any atom is 0.291 e. The summed E-state index contributed by atoms with van der Waals surface area (Å²) in [4.78, 5) is 11.4. The summed E-state index contributed by atoms with van der Waals surface area (Å²) < 4.78 is 8.96. The summed E-state index contributed by atoms with van der Waals surface area (Å²) in [6, 6.07) is 0. The lowest BCUT2D eigenvalue weighted by molar-refractivity contribution is 0.0855. The molecule has 1 aromatic rings. The van der Waals surface area contributed by atoms with Crippen LogP contribution in [0.3, 0.4) is 0 Å². The number of hydrogen-bond acceptors (Lipinski definition) is 6. The van der Waals surface area contributed by atoms with Crippen LogP contribution in [0.5, 0.6) is 5.88 Å². The third-order valence-electron chi connectivity index (χ3n) is 1.69. The van der Waals surface area contributed by atoms with Crippen LogP contribution >= 0.6 is 0 Å². The highest BCUT2D eigenvalue weighted by molar-refractivity contribution is 5.94. The summed E-state index contributed by atoms with van der Waals surface area (Å²) in [7, 11) is 0. The Morgan fingerprint density at radius 2 is 2.40 bits per heavy atom. The number of aliphatic hydroxyl groups is 1. The fourth-order valence-corrected chi connectivity index (χ4v) is 0.937. The largest absolute Gasteiger partial charge is 0.447 e. The van der Waals surface area contributed by atoms with Crippen molar-refractivity contribution in [3.05, 3.63) is 5.69 Å². The number of rotatable bonds is 6. The van der Waals surface area contributed by atoms with Crippen molar-refractivity contribution < 1.29 is 19.3 Å². The molecule has 0 aliphatic rings. The van der Waals surface area contributed by atoms with E-state index in [1.165, 1.54) is 0 Å². The molecule has 0 unspecified atom stereocenters. The molecule has 7 heteroatoms. The topological polar surface area (TPSA) is 97.5 Å². The van der Waals surface area contributed by atoms with Gasteiger partial charge in [-0.05, 0) is 16.7 Å². The average molecular weight is 215 g/mol. The zero-order chi connectivity index (χ0) is 11.1. The maximum atomic E-state index is 11.4. The number of carbonyl (C=O) groups is 1. The second kappa shape index (κ2) is 5.97. The van der Waals surface area contributed by atoms with Gasteiger partial charge in [-0.2, -0.15) is 0 Å². The fourth-order valence-electron chi connectivity index (χ4n) is 0.937. The van der Waals surface area contributed by atoms with Gasteiger partial charge in [0, 0.05) is 6.54 Å². The molecule has 1 aromatic heterocycles. The molecule has 1 rings (SSSR count). The Morgan fingerprint density at radius 1 is 1.60 bits per heavy atom. The van der Waals surface area contributed by atoms with Crippen molar-refractivity contribution in [2.45, 2.75) is 19.8 Å². The van der Waals surface area contributed by atoms with E-state index in [4.69, 9.17) is 5.11 Å². The minimum Gasteiger partial charge on any atom is -0.447 e. The number of aliphatic hydroxyl groups excluding tert-OH is 1. The van der Waals surface area contributed by atoms with Crippen LogP contribution in [-0.4, -0.2) is 34.7 Å². The lowest BCUT2D eigenvalue weighted by Gasteiger charge is -2.01. The third-order valence-corrected chi connectivity index (χ3v) is 1.69. The lowest BCUT2D eigenvalue weighted by atomic mass is 10.3. The maximum absolute atomic E-state index is 11.4. The number of nitrogens with one attached hydrogen (secondary N) is 1. The van der Waals surface area contributed by atoms with Gasteiger partial charge in [0.05, 0.1) is 0 Å². The van der Waals surface area contributed by atoms with Gasteiger partial charge in [-0.25, -0.2) is 4.63 Å². The third kappa shape index (κ3) is 3.21. The molecule has 7 nitrogen and oxygen atoms in total. The number of aromatic nitrogens is 2. The first-order chi connectivity index (χ1) is 7.29. The SMILES string of the molecule is CCCCNC(=O)c1nonc1OCO. The van der Waals surface area contributed by atoms with Crippen molar-refractivity contribution in [2.24, 2.45) is 0 Å². The van der Waals surface area contributed by atoms with E-state index in [-0.39, 0.29) is 11.6 Å². The normalized spacial score (nSPS) is 10.0. The van der Waals surface area contributed by atoms with Gasteiger partial charge in [0.15, 0.2) is 6.79 Å². The van der Waals surface area contributed by atoms with Gasteiger partial charge in [-0.1, -0.05) is 13.3 Å². The van der Waals surface area contributed by atoms with Gasteiger partial charge in [0.25, 0.3) is 11.8 Å². The molecular formula is C8H13N3O4. The summed E-state index contributed by atoms with van der Waals surface area (Å²) in [6.45, 7) is 1.99. The van der Waals surface area contributed by atoms with Gasteiger partial charge in [-0.3, -0.25) is 4.79 Å². The van der Waals surface area contributed by atoms with Gasteiger partial charge >= 0.3 is 0 Å². The molecule has 1 amide bonds. The van der Waals surface area contributed by atoms with Crippen molar-refractivity contribution in [3.8, 4) is 5.88 Å². The van der Waals surface area contributed by atoms with Crippen LogP contribution in [0.4, 0.5) is 0 Å². The lowest BCUT2D eigenvalue weighted by Crippen LogP contribution is -2.25. The van der Waals surface area contributed by atoms with Crippen LogP contribution in [-0.2, 0) is 0 Å². The highest BCUT2D eigenvalue weighted by Crippen LogP contribution is 2.11. The number of amides is 1. The van der Waals surface area contributed by atoms with Crippen molar-refractivity contribution in [1.82, 2.24) is 15.6 Å². The first-order valence-corrected chi connectivity index (χ1v) is 4.64. The van der Waals surface area contributed by atoms with E-state index in [1.54, 1.807) is 0 Å². The van der Waals surface area contributed by atoms with Crippen LogP contribution in [0.1, 0.15) is 30.3 Å². The Balaban J connectivity index is 2.53. The van der Waals surface area contributed by atoms with Crippen molar-refractivity contribution in [2.75, 3.05) is 13.3 Å². The number of unbranched alkanes of at least 4 members (excludes halogenated alkanes) is 1. The Morgan fingerprint density at radius 3 is 3.07 bits per heavy atom. The van der Waals surface area contributed by atoms with Crippen LogP contribution in [0.15, 0.2) is 4.63 Å². The molecule has 0 aliphatic heterocycles. The predicted molar refractivity (Wildman–Crippen MR) is 49.3 cm³/mol. The van der Waals surface area contributed by atoms with Gasteiger partial charge in [0.1, 0.15) is 0 Å². The smallest absolute Gasteiger partial charge is 0.291 e. The Bertz CT molecular complexity index is 313. The van der Waals surface area contributed by atoms with Crippen LogP contribution in [0.2, 0.25) is 0 Å². The summed E-state index contributed by atoms with van der Waals surface area (Å²) in [5.41, 5.74) is -0.0554. The molecule has 1 heterocycles. The number of nitrogens with zero attached hydrogens (tertiary/aromatic N) is 2. The first-order valence-electron chi connectivity index (χ1n) is 4.64. The van der Waals surface area contributed by atoms with E-state index in [2.05, 4.69) is 25.0 Å². The van der Waals surface area contributed by atoms with Gasteiger partial charge < -0.3 is 15.2 Å². The number of carbonyl (C=O) groups excluding carboxylic acids is 1. The second-order valence-electron chi connectivity index (χ2n) is 2.80. The fraction of sp³-hybridized carbons (Fsp3) is 0.625. The summed E-state index contributed by atoms with van der Waals surface area (Å²) >= 11 is 0. The molecule has 0 bridgehead atoms. The molecule has 15 heavy (non-hydrogen) atoms. The molecule has 0 atom stereocenters. The molecule has 0 saturated heterocycles. The highest BCUT2D eigenvalue weighted by Gasteiger charge is 2.18. The molecule has 2 N–H and O–H groups in total. The minimum absolute atomic E-state index is 0.0554. The first kappa shape index (κ1) is 11.4. The summed E-state index contributed by atoms with van der Waals surface area (Å²) in [5, 5.41) is 17.8. The van der Waals surface area contributed by atoms with E-state index < -0.39 is 12.7 Å². The van der Waals surface area contributed by atoms with Crippen LogP contribution < -0.4 is 10.1 Å². The minimum atomic E-state index is -0.580. The number of ether oxygens (including phenoxy) is 1. The summed E-state index contributed by atoms with van der Waals surface area (Å²) in [6.07, 6.45) is 1.87. The molecule has 84 valence electrons. The van der Waals surface area contributed by atoms with E-state index in [0.29, 0.717) is 6.54 Å². The summed E-state index contributed by atoms with van der Waals surface area (Å²) in [5.74, 6) is -0.528. The highest BCUT2D eigenvalue weighted by atomic mass is 16.6. The molecule has 0 aliphatic carbocycles. The zero-order valence-electron chi connectivity index (χ0n) is 8.39. The molecule has 0 radical (unpaired) electrons. The quantitative estimate of drug-likeness (QED) is 0.509. The van der Waals surface area contributed by atoms with Crippen molar-refractivity contribution in [3.63, 3.8) is 0 Å². The standard InChI is InChI=1S/C8H13N3O4/c1-2-3-4-9-7(13)6-8(14-5-12)11-15-10-6/h12H,2-5H2,1H3,(H,9,13). The van der Waals surface area contributed by atoms with E-state index >= 15 is 0 Å². The molecule has 0 fully saturated rings. The monoisotopic (exact) mass is 215 g/mol. The Labute approximate surface area is 86.4 Å². The predicted octanol–water partition coefficient (Wildman–Crippen LogP) is -0.0719. The zero-order valence-corrected chi connectivity index (χ0v) is 8.39. The second-order valence-corrected chi connectivity index (χ2v) is 2.80. The van der Waals surface area contributed by atoms with Gasteiger partial charge in [-0.15, -0.1) is 0 Å². The average Bonchev–Trinajstić information content (AvgIpc) is 2.67.